The first kappa shape index (κ1) is 29.7. The van der Waals surface area contributed by atoms with Gasteiger partial charge in [-0.2, -0.15) is 0 Å². The summed E-state index contributed by atoms with van der Waals surface area (Å²) in [6.07, 6.45) is 0. The number of carbonyl (C=O) groups excluding carboxylic acids is 2. The fourth-order valence-electron chi connectivity index (χ4n) is 5.37. The predicted octanol–water partition coefficient (Wildman–Crippen LogP) is 6.75. The second kappa shape index (κ2) is 12.5. The molecule has 1 aliphatic rings. The first-order chi connectivity index (χ1) is 19.6. The van der Waals surface area contributed by atoms with Crippen LogP contribution in [0, 0.1) is 0 Å². The highest BCUT2D eigenvalue weighted by Gasteiger charge is 2.47. The molecule has 0 bridgehead atoms. The molecule has 1 N–H and O–H groups in total. The Bertz CT molecular complexity index is 1420. The molecule has 0 aliphatic carbocycles. The summed E-state index contributed by atoms with van der Waals surface area (Å²) in [6.45, 7) is 12.5. The Balaban J connectivity index is 1.89. The fourth-order valence-corrected chi connectivity index (χ4v) is 5.37. The number of aliphatic hydroxyl groups excluding tert-OH is 1. The first-order valence-electron chi connectivity index (χ1n) is 14.3. The van der Waals surface area contributed by atoms with Crippen LogP contribution in [-0.2, 0) is 9.59 Å². The van der Waals surface area contributed by atoms with E-state index in [1.165, 1.54) is 4.90 Å². The summed E-state index contributed by atoms with van der Waals surface area (Å²) in [5, 5.41) is 11.7. The van der Waals surface area contributed by atoms with Crippen molar-refractivity contribution in [1.82, 2.24) is 0 Å². The standard InChI is InChI=1S/C34H41N3O4/c1-8-36(9-2)26-16-18-27(19-17-26)37-31(23-11-14-25(15-12-23)35(6)7)30(33(39)34(37)40)32(38)24-13-20-29(41-10-3)28(21-24)22(4)5/h11-22,31,38H,8-10H2,1-7H3/b32-30-. The van der Waals surface area contributed by atoms with Crippen LogP contribution >= 0.6 is 0 Å². The van der Waals surface area contributed by atoms with E-state index < -0.39 is 17.7 Å². The minimum absolute atomic E-state index is 0.0688. The van der Waals surface area contributed by atoms with E-state index in [0.29, 0.717) is 17.9 Å². The van der Waals surface area contributed by atoms with Crippen molar-refractivity contribution in [2.24, 2.45) is 0 Å². The second-order valence-electron chi connectivity index (χ2n) is 10.7. The fraction of sp³-hybridized carbons (Fsp3) is 0.353. The number of amides is 1. The zero-order valence-corrected chi connectivity index (χ0v) is 25.1. The Morgan fingerprint density at radius 2 is 1.51 bits per heavy atom. The smallest absolute Gasteiger partial charge is 0.300 e. The van der Waals surface area contributed by atoms with Crippen LogP contribution in [0.1, 0.15) is 63.3 Å². The number of hydrogen-bond acceptors (Lipinski definition) is 6. The van der Waals surface area contributed by atoms with Gasteiger partial charge >= 0.3 is 0 Å². The quantitative estimate of drug-likeness (QED) is 0.170. The maximum Gasteiger partial charge on any atom is 0.300 e. The summed E-state index contributed by atoms with van der Waals surface area (Å²) in [5.74, 6) is -0.706. The molecule has 0 spiro atoms. The summed E-state index contributed by atoms with van der Waals surface area (Å²) in [4.78, 5) is 33.0. The summed E-state index contributed by atoms with van der Waals surface area (Å²) in [6, 6.07) is 20.0. The van der Waals surface area contributed by atoms with E-state index in [0.717, 1.165) is 41.3 Å². The van der Waals surface area contributed by atoms with E-state index in [4.69, 9.17) is 4.74 Å². The number of aliphatic hydroxyl groups is 1. The predicted molar refractivity (Wildman–Crippen MR) is 167 cm³/mol. The SMILES string of the molecule is CCOc1ccc(/C(O)=C2/C(=O)C(=O)N(c3ccc(N(CC)CC)cc3)C2c2ccc(N(C)C)cc2)cc1C(C)C. The van der Waals surface area contributed by atoms with E-state index in [2.05, 4.69) is 32.6 Å². The number of benzene rings is 3. The maximum absolute atomic E-state index is 13.7. The second-order valence-corrected chi connectivity index (χ2v) is 10.7. The van der Waals surface area contributed by atoms with Gasteiger partial charge in [0.25, 0.3) is 11.7 Å². The van der Waals surface area contributed by atoms with Crippen molar-refractivity contribution in [3.05, 3.63) is 89.0 Å². The molecular weight excluding hydrogens is 514 g/mol. The molecule has 1 fully saturated rings. The number of ether oxygens (including phenoxy) is 1. The van der Waals surface area contributed by atoms with Crippen molar-refractivity contribution in [2.75, 3.05) is 48.5 Å². The molecule has 4 rings (SSSR count). The van der Waals surface area contributed by atoms with Gasteiger partial charge in [0.05, 0.1) is 18.2 Å². The van der Waals surface area contributed by atoms with Crippen molar-refractivity contribution in [3.63, 3.8) is 0 Å². The highest BCUT2D eigenvalue weighted by atomic mass is 16.5. The summed E-state index contributed by atoms with van der Waals surface area (Å²) >= 11 is 0. The molecule has 1 saturated heterocycles. The highest BCUT2D eigenvalue weighted by molar-refractivity contribution is 6.51. The van der Waals surface area contributed by atoms with Crippen LogP contribution in [0.2, 0.25) is 0 Å². The molecule has 3 aromatic carbocycles. The molecular formula is C34H41N3O4. The van der Waals surface area contributed by atoms with Crippen molar-refractivity contribution < 1.29 is 19.4 Å². The number of anilines is 3. The first-order valence-corrected chi connectivity index (χ1v) is 14.3. The lowest BCUT2D eigenvalue weighted by Gasteiger charge is -2.27. The minimum atomic E-state index is -0.792. The van der Waals surface area contributed by atoms with Crippen LogP contribution in [0.5, 0.6) is 5.75 Å². The van der Waals surface area contributed by atoms with Gasteiger partial charge in [-0.15, -0.1) is 0 Å². The van der Waals surface area contributed by atoms with Gasteiger partial charge in [0.15, 0.2) is 0 Å². The number of nitrogens with zero attached hydrogens (tertiary/aromatic N) is 3. The molecule has 1 aliphatic heterocycles. The van der Waals surface area contributed by atoms with Crippen LogP contribution < -0.4 is 19.4 Å². The summed E-state index contributed by atoms with van der Waals surface area (Å²) in [7, 11) is 3.91. The highest BCUT2D eigenvalue weighted by Crippen LogP contribution is 2.43. The number of carbonyl (C=O) groups is 2. The van der Waals surface area contributed by atoms with Crippen LogP contribution in [0.15, 0.2) is 72.3 Å². The van der Waals surface area contributed by atoms with Crippen molar-refractivity contribution in [3.8, 4) is 5.75 Å². The molecule has 1 heterocycles. The third-order valence-corrected chi connectivity index (χ3v) is 7.63. The molecule has 3 aromatic rings. The molecule has 41 heavy (non-hydrogen) atoms. The Labute approximate surface area is 243 Å². The van der Waals surface area contributed by atoms with Crippen molar-refractivity contribution >= 4 is 34.5 Å². The van der Waals surface area contributed by atoms with Gasteiger partial charge in [0, 0.05) is 49.8 Å². The third kappa shape index (κ3) is 5.80. The molecule has 7 nitrogen and oxygen atoms in total. The summed E-state index contributed by atoms with van der Waals surface area (Å²) < 4.78 is 5.80. The lowest BCUT2D eigenvalue weighted by Crippen LogP contribution is -2.29. The number of hydrogen-bond donors (Lipinski definition) is 1. The number of Topliss-reactive ketones (excluding diaryl/α,β-unsaturated/α-hetero) is 1. The third-order valence-electron chi connectivity index (χ3n) is 7.63. The molecule has 0 radical (unpaired) electrons. The average Bonchev–Trinajstić information content (AvgIpc) is 3.23. The van der Waals surface area contributed by atoms with E-state index in [1.807, 2.05) is 86.6 Å². The van der Waals surface area contributed by atoms with Gasteiger partial charge in [-0.3, -0.25) is 14.5 Å². The van der Waals surface area contributed by atoms with E-state index in [-0.39, 0.29) is 17.3 Å². The number of ketones is 1. The molecule has 0 aromatic heterocycles. The largest absolute Gasteiger partial charge is 0.507 e. The van der Waals surface area contributed by atoms with Crippen LogP contribution in [0.25, 0.3) is 5.76 Å². The number of rotatable bonds is 10. The van der Waals surface area contributed by atoms with Crippen LogP contribution in [-0.4, -0.2) is 50.6 Å². The van der Waals surface area contributed by atoms with Gasteiger partial charge in [0.1, 0.15) is 11.5 Å². The van der Waals surface area contributed by atoms with Gasteiger partial charge in [-0.1, -0.05) is 26.0 Å². The molecule has 1 amide bonds. The lowest BCUT2D eigenvalue weighted by molar-refractivity contribution is -0.132. The van der Waals surface area contributed by atoms with Crippen molar-refractivity contribution in [2.45, 2.75) is 46.6 Å². The topological polar surface area (TPSA) is 73.3 Å². The van der Waals surface area contributed by atoms with E-state index in [9.17, 15) is 14.7 Å². The monoisotopic (exact) mass is 555 g/mol. The lowest BCUT2D eigenvalue weighted by atomic mass is 9.93. The Kier molecular flexibility index (Phi) is 9.06. The molecule has 1 unspecified atom stereocenters. The molecule has 7 heteroatoms. The van der Waals surface area contributed by atoms with E-state index in [1.54, 1.807) is 6.07 Å². The molecule has 1 atom stereocenters. The Morgan fingerprint density at radius 1 is 0.902 bits per heavy atom. The minimum Gasteiger partial charge on any atom is -0.507 e. The Hall–Kier alpha value is -4.26. The van der Waals surface area contributed by atoms with Crippen molar-refractivity contribution in [1.29, 1.82) is 0 Å². The average molecular weight is 556 g/mol. The molecule has 216 valence electrons. The van der Waals surface area contributed by atoms with E-state index >= 15 is 0 Å². The molecule has 0 saturated carbocycles. The zero-order valence-electron chi connectivity index (χ0n) is 25.1. The van der Waals surface area contributed by atoms with Gasteiger partial charge in [-0.05, 0) is 92.4 Å². The maximum atomic E-state index is 13.7. The van der Waals surface area contributed by atoms with Gasteiger partial charge in [0.2, 0.25) is 0 Å². The normalized spacial score (nSPS) is 16.4. The zero-order chi connectivity index (χ0) is 29.8. The Morgan fingerprint density at radius 3 is 2.05 bits per heavy atom. The van der Waals surface area contributed by atoms with Gasteiger partial charge < -0.3 is 19.6 Å². The van der Waals surface area contributed by atoms with Gasteiger partial charge in [-0.25, -0.2) is 0 Å². The van der Waals surface area contributed by atoms with Crippen LogP contribution in [0.3, 0.4) is 0 Å². The summed E-state index contributed by atoms with van der Waals surface area (Å²) in [5.41, 5.74) is 4.82. The van der Waals surface area contributed by atoms with Crippen LogP contribution in [0.4, 0.5) is 17.1 Å².